The Bertz CT molecular complexity index is 486. The summed E-state index contributed by atoms with van der Waals surface area (Å²) in [6, 6.07) is 7.11. The minimum atomic E-state index is -1.98. The normalized spacial score (nSPS) is 13.6. The fourth-order valence-corrected chi connectivity index (χ4v) is 1.64. The Labute approximate surface area is 117 Å². The van der Waals surface area contributed by atoms with Gasteiger partial charge in [-0.1, -0.05) is 18.2 Å². The first-order valence-corrected chi connectivity index (χ1v) is 6.35. The third-order valence-electron chi connectivity index (χ3n) is 2.96. The second-order valence-corrected chi connectivity index (χ2v) is 4.77. The number of hydrogen-bond donors (Lipinski definition) is 4. The van der Waals surface area contributed by atoms with Gasteiger partial charge in [0.25, 0.3) is 5.91 Å². The summed E-state index contributed by atoms with van der Waals surface area (Å²) in [6.07, 6.45) is 0.690. The average Bonchev–Trinajstić information content (AvgIpc) is 2.42. The highest BCUT2D eigenvalue weighted by atomic mass is 16.4. The van der Waals surface area contributed by atoms with Crippen LogP contribution in [-0.2, 0) is 11.2 Å². The van der Waals surface area contributed by atoms with Crippen molar-refractivity contribution < 1.29 is 19.8 Å². The van der Waals surface area contributed by atoms with Gasteiger partial charge in [0.05, 0.1) is 6.54 Å². The molecule has 0 aliphatic heterocycles. The first-order valence-electron chi connectivity index (χ1n) is 6.35. The van der Waals surface area contributed by atoms with E-state index in [4.69, 9.17) is 5.11 Å². The highest BCUT2D eigenvalue weighted by molar-refractivity contribution is 5.96. The molecule has 1 atom stereocenters. The Morgan fingerprint density at radius 1 is 1.30 bits per heavy atom. The van der Waals surface area contributed by atoms with Crippen LogP contribution in [0.4, 0.5) is 0 Å². The SMILES string of the molecule is CNCCc1ccccc1C(=O)NCC(C)(O)C(=O)O. The van der Waals surface area contributed by atoms with Gasteiger partial charge in [0.15, 0.2) is 5.60 Å². The van der Waals surface area contributed by atoms with Crippen LogP contribution in [0.15, 0.2) is 24.3 Å². The van der Waals surface area contributed by atoms with Crippen LogP contribution < -0.4 is 10.6 Å². The number of nitrogens with one attached hydrogen (secondary N) is 2. The number of aliphatic carboxylic acids is 1. The smallest absolute Gasteiger partial charge is 0.337 e. The maximum Gasteiger partial charge on any atom is 0.337 e. The number of carbonyl (C=O) groups excluding carboxylic acids is 1. The van der Waals surface area contributed by atoms with Gasteiger partial charge >= 0.3 is 5.97 Å². The lowest BCUT2D eigenvalue weighted by Crippen LogP contribution is -2.46. The third kappa shape index (κ3) is 4.32. The lowest BCUT2D eigenvalue weighted by molar-refractivity contribution is -0.155. The molecule has 0 fully saturated rings. The topological polar surface area (TPSA) is 98.7 Å². The predicted molar refractivity (Wildman–Crippen MR) is 74.7 cm³/mol. The molecule has 0 aliphatic rings. The van der Waals surface area contributed by atoms with E-state index in [1.54, 1.807) is 12.1 Å². The van der Waals surface area contributed by atoms with Crippen LogP contribution in [0, 0.1) is 0 Å². The molecule has 0 aromatic heterocycles. The highest BCUT2D eigenvalue weighted by Crippen LogP contribution is 2.10. The second-order valence-electron chi connectivity index (χ2n) is 4.77. The Morgan fingerprint density at radius 2 is 1.95 bits per heavy atom. The molecule has 1 aromatic rings. The van der Waals surface area contributed by atoms with Crippen molar-refractivity contribution in [3.8, 4) is 0 Å². The average molecular weight is 280 g/mol. The van der Waals surface area contributed by atoms with Crippen LogP contribution in [0.5, 0.6) is 0 Å². The van der Waals surface area contributed by atoms with Crippen LogP contribution in [0.25, 0.3) is 0 Å². The number of hydrogen-bond acceptors (Lipinski definition) is 4. The van der Waals surface area contributed by atoms with Gasteiger partial charge in [-0.25, -0.2) is 4.79 Å². The fraction of sp³-hybridized carbons (Fsp3) is 0.429. The molecule has 0 aliphatic carbocycles. The van der Waals surface area contributed by atoms with Gasteiger partial charge in [0.2, 0.25) is 0 Å². The lowest BCUT2D eigenvalue weighted by atomic mass is 10.0. The van der Waals surface area contributed by atoms with Gasteiger partial charge in [-0.15, -0.1) is 0 Å². The van der Waals surface area contributed by atoms with Gasteiger partial charge in [0, 0.05) is 5.56 Å². The quantitative estimate of drug-likeness (QED) is 0.564. The number of likely N-dealkylation sites (N-methyl/N-ethyl adjacent to an activating group) is 1. The Morgan fingerprint density at radius 3 is 2.55 bits per heavy atom. The van der Waals surface area contributed by atoms with E-state index in [2.05, 4.69) is 10.6 Å². The van der Waals surface area contributed by atoms with Gasteiger partial charge in [-0.3, -0.25) is 4.79 Å². The number of benzene rings is 1. The number of carboxylic acids is 1. The van der Waals surface area contributed by atoms with Crippen LogP contribution in [0.1, 0.15) is 22.8 Å². The van der Waals surface area contributed by atoms with Crippen molar-refractivity contribution in [1.82, 2.24) is 10.6 Å². The molecule has 1 unspecified atom stereocenters. The molecule has 6 heteroatoms. The molecule has 0 spiro atoms. The van der Waals surface area contributed by atoms with Crippen LogP contribution in [0.2, 0.25) is 0 Å². The highest BCUT2D eigenvalue weighted by Gasteiger charge is 2.30. The summed E-state index contributed by atoms with van der Waals surface area (Å²) in [7, 11) is 1.83. The molecule has 1 rings (SSSR count). The summed E-state index contributed by atoms with van der Waals surface area (Å²) >= 11 is 0. The number of carboxylic acid groups (broad SMARTS) is 1. The summed E-state index contributed by atoms with van der Waals surface area (Å²) in [5.41, 5.74) is -0.617. The molecule has 0 radical (unpaired) electrons. The molecule has 20 heavy (non-hydrogen) atoms. The maximum absolute atomic E-state index is 12.1. The largest absolute Gasteiger partial charge is 0.479 e. The molecule has 4 N–H and O–H groups in total. The van der Waals surface area contributed by atoms with Crippen molar-refractivity contribution in [2.45, 2.75) is 18.9 Å². The van der Waals surface area contributed by atoms with E-state index in [0.29, 0.717) is 12.0 Å². The number of rotatable bonds is 7. The van der Waals surface area contributed by atoms with E-state index in [9.17, 15) is 14.7 Å². The molecule has 0 saturated heterocycles. The minimum absolute atomic E-state index is 0.346. The van der Waals surface area contributed by atoms with Crippen LogP contribution in [0.3, 0.4) is 0 Å². The molecule has 0 heterocycles. The molecule has 0 bridgehead atoms. The van der Waals surface area contributed by atoms with E-state index in [1.165, 1.54) is 0 Å². The molecule has 1 amide bonds. The first-order chi connectivity index (χ1) is 9.38. The molecule has 110 valence electrons. The lowest BCUT2D eigenvalue weighted by Gasteiger charge is -2.19. The molecule has 0 saturated carbocycles. The van der Waals surface area contributed by atoms with Gasteiger partial charge < -0.3 is 20.8 Å². The van der Waals surface area contributed by atoms with Gasteiger partial charge in [0.1, 0.15) is 0 Å². The number of amides is 1. The fourth-order valence-electron chi connectivity index (χ4n) is 1.64. The molecule has 6 nitrogen and oxygen atoms in total. The number of aliphatic hydroxyl groups is 1. The Balaban J connectivity index is 2.75. The summed E-state index contributed by atoms with van der Waals surface area (Å²) < 4.78 is 0. The van der Waals surface area contributed by atoms with Gasteiger partial charge in [-0.05, 0) is 38.6 Å². The Hall–Kier alpha value is -1.92. The molecular weight excluding hydrogens is 260 g/mol. The van der Waals surface area contributed by atoms with E-state index in [1.807, 2.05) is 19.2 Å². The van der Waals surface area contributed by atoms with Crippen LogP contribution in [-0.4, -0.2) is 47.8 Å². The van der Waals surface area contributed by atoms with Crippen molar-refractivity contribution in [1.29, 1.82) is 0 Å². The summed E-state index contributed by atoms with van der Waals surface area (Å²) in [5, 5.41) is 23.8. The standard InChI is InChI=1S/C14H20N2O4/c1-14(20,13(18)19)9-16-12(17)11-6-4-3-5-10(11)7-8-15-2/h3-6,15,20H,7-9H2,1-2H3,(H,16,17)(H,18,19). The summed E-state index contributed by atoms with van der Waals surface area (Å²) in [5.74, 6) is -1.76. The summed E-state index contributed by atoms with van der Waals surface area (Å²) in [6.45, 7) is 1.53. The van der Waals surface area contributed by atoms with Gasteiger partial charge in [-0.2, -0.15) is 0 Å². The van der Waals surface area contributed by atoms with E-state index in [0.717, 1.165) is 19.0 Å². The van der Waals surface area contributed by atoms with Crippen molar-refractivity contribution in [3.05, 3.63) is 35.4 Å². The monoisotopic (exact) mass is 280 g/mol. The van der Waals surface area contributed by atoms with Crippen LogP contribution >= 0.6 is 0 Å². The van der Waals surface area contributed by atoms with E-state index >= 15 is 0 Å². The zero-order valence-electron chi connectivity index (χ0n) is 11.6. The van der Waals surface area contributed by atoms with E-state index < -0.39 is 17.5 Å². The maximum atomic E-state index is 12.1. The van der Waals surface area contributed by atoms with E-state index in [-0.39, 0.29) is 6.54 Å². The third-order valence-corrected chi connectivity index (χ3v) is 2.96. The zero-order chi connectivity index (χ0) is 15.2. The molecule has 1 aromatic carbocycles. The first kappa shape index (κ1) is 16.1. The predicted octanol–water partition coefficient (Wildman–Crippen LogP) is 0.0139. The number of carbonyl (C=O) groups is 2. The molecular formula is C14H20N2O4. The van der Waals surface area contributed by atoms with Crippen molar-refractivity contribution in [3.63, 3.8) is 0 Å². The summed E-state index contributed by atoms with van der Waals surface area (Å²) in [4.78, 5) is 22.8. The Kier molecular flexibility index (Phi) is 5.66. The zero-order valence-corrected chi connectivity index (χ0v) is 11.6. The van der Waals surface area contributed by atoms with Crippen molar-refractivity contribution in [2.24, 2.45) is 0 Å². The van der Waals surface area contributed by atoms with Crippen molar-refractivity contribution in [2.75, 3.05) is 20.1 Å². The minimum Gasteiger partial charge on any atom is -0.479 e. The second kappa shape index (κ2) is 7.02. The van der Waals surface area contributed by atoms with Crippen molar-refractivity contribution >= 4 is 11.9 Å².